The van der Waals surface area contributed by atoms with Gasteiger partial charge in [0.15, 0.2) is 10.3 Å². The van der Waals surface area contributed by atoms with Crippen LogP contribution in [0.1, 0.15) is 45.9 Å². The van der Waals surface area contributed by atoms with Crippen molar-refractivity contribution < 1.29 is 18.4 Å². The molecule has 10 nitrogen and oxygen atoms in total. The second-order valence-corrected chi connectivity index (χ2v) is 15.2. The van der Waals surface area contributed by atoms with Crippen molar-refractivity contribution in [3.8, 4) is 0 Å². The Morgan fingerprint density at radius 3 is 1.56 bits per heavy atom. The van der Waals surface area contributed by atoms with Crippen LogP contribution >= 0.6 is 22.7 Å². The number of hydrogen-bond donors (Lipinski definition) is 4. The van der Waals surface area contributed by atoms with Gasteiger partial charge in [0.2, 0.25) is 11.8 Å². The number of carbonyl (C=O) groups is 2. The molecule has 2 amide bonds. The predicted molar refractivity (Wildman–Crippen MR) is 197 cm³/mol. The summed E-state index contributed by atoms with van der Waals surface area (Å²) in [4.78, 5) is 37.7. The Hall–Kier alpha value is -3.66. The smallest absolute Gasteiger partial charge is 0.223 e. The number of thiazole rings is 2. The number of amides is 2. The number of nitrogens with one attached hydrogen (secondary N) is 4. The van der Waals surface area contributed by atoms with Crippen molar-refractivity contribution in [1.82, 2.24) is 30.4 Å². The summed E-state index contributed by atoms with van der Waals surface area (Å²) < 4.78 is 26.8. The van der Waals surface area contributed by atoms with E-state index in [1.807, 2.05) is 36.7 Å². The average molecular weight is 725 g/mol. The minimum atomic E-state index is -0.151. The second-order valence-electron chi connectivity index (χ2n) is 13.0. The summed E-state index contributed by atoms with van der Waals surface area (Å²) in [5, 5.41) is 13.8. The zero-order valence-corrected chi connectivity index (χ0v) is 30.7. The van der Waals surface area contributed by atoms with E-state index < -0.39 is 0 Å². The van der Waals surface area contributed by atoms with Crippen LogP contribution in [0.15, 0.2) is 48.8 Å². The van der Waals surface area contributed by atoms with Gasteiger partial charge in [-0.15, -0.1) is 22.7 Å². The highest BCUT2D eigenvalue weighted by molar-refractivity contribution is 7.16. The molecule has 4 N–H and O–H groups in total. The molecule has 0 unspecified atom stereocenters. The van der Waals surface area contributed by atoms with Gasteiger partial charge >= 0.3 is 0 Å². The van der Waals surface area contributed by atoms with Crippen LogP contribution in [-0.4, -0.2) is 82.9 Å². The summed E-state index contributed by atoms with van der Waals surface area (Å²) >= 11 is 3.03. The molecule has 0 radical (unpaired) electrons. The van der Waals surface area contributed by atoms with E-state index in [0.29, 0.717) is 33.5 Å². The first-order valence-electron chi connectivity index (χ1n) is 16.8. The molecule has 2 aromatic heterocycles. The van der Waals surface area contributed by atoms with Crippen LogP contribution in [0.4, 0.5) is 19.0 Å². The van der Waals surface area contributed by atoms with Gasteiger partial charge < -0.3 is 21.3 Å². The molecule has 2 aliphatic rings. The van der Waals surface area contributed by atoms with Crippen molar-refractivity contribution in [1.29, 1.82) is 0 Å². The number of piperazine rings is 2. The normalized spacial score (nSPS) is 18.3. The van der Waals surface area contributed by atoms with E-state index in [1.54, 1.807) is 26.0 Å². The largest absolute Gasteiger partial charge is 0.311 e. The zero-order chi connectivity index (χ0) is 35.6. The molecule has 2 aromatic carbocycles. The Morgan fingerprint density at radius 1 is 0.760 bits per heavy atom. The van der Waals surface area contributed by atoms with Crippen molar-refractivity contribution in [3.63, 3.8) is 0 Å². The molecule has 6 rings (SSSR count). The van der Waals surface area contributed by atoms with E-state index >= 15 is 0 Å². The van der Waals surface area contributed by atoms with E-state index in [0.717, 1.165) is 86.1 Å². The fourth-order valence-corrected chi connectivity index (χ4v) is 8.01. The van der Waals surface area contributed by atoms with Gasteiger partial charge in [0.1, 0.15) is 11.6 Å². The van der Waals surface area contributed by atoms with Crippen LogP contribution in [-0.2, 0) is 35.5 Å². The summed E-state index contributed by atoms with van der Waals surface area (Å²) in [6, 6.07) is 11.4. The van der Waals surface area contributed by atoms with Gasteiger partial charge in [0, 0.05) is 100 Å². The van der Waals surface area contributed by atoms with Crippen LogP contribution in [0.5, 0.6) is 0 Å². The summed E-state index contributed by atoms with van der Waals surface area (Å²) in [5.41, 5.74) is 3.70. The second kappa shape index (κ2) is 18.0. The number of halogens is 2. The number of rotatable bonds is 10. The summed E-state index contributed by atoms with van der Waals surface area (Å²) in [5.74, 6) is -0.500. The van der Waals surface area contributed by atoms with Crippen LogP contribution < -0.4 is 21.3 Å². The molecule has 4 aromatic rings. The third-order valence-corrected chi connectivity index (χ3v) is 10.3. The van der Waals surface area contributed by atoms with E-state index in [9.17, 15) is 18.4 Å². The SMILES string of the molecule is CC(=O)Nc1ncc(CN2CCN[C@@H](Cc3ccc(F)c(C)c3)C2)s1.CC(=O)Nc1ncc(CN2CCN[C@H](Cc3ccc(F)c(C)c3)C2)s1. The average Bonchev–Trinajstić information content (AvgIpc) is 3.69. The molecule has 14 heteroatoms. The highest BCUT2D eigenvalue weighted by atomic mass is 32.1. The first kappa shape index (κ1) is 37.6. The molecule has 2 saturated heterocycles. The molecule has 268 valence electrons. The monoisotopic (exact) mass is 724 g/mol. The molecule has 0 bridgehead atoms. The third-order valence-electron chi connectivity index (χ3n) is 8.52. The first-order valence-corrected chi connectivity index (χ1v) is 18.5. The maximum absolute atomic E-state index is 13.4. The van der Waals surface area contributed by atoms with Crippen molar-refractivity contribution in [3.05, 3.63) is 92.4 Å². The lowest BCUT2D eigenvalue weighted by atomic mass is 10.0. The molecular formula is C36H46F2N8O2S2. The lowest BCUT2D eigenvalue weighted by Gasteiger charge is -2.33. The van der Waals surface area contributed by atoms with E-state index in [4.69, 9.17) is 0 Å². The minimum absolute atomic E-state index is 0.0993. The van der Waals surface area contributed by atoms with Crippen molar-refractivity contribution in [2.75, 3.05) is 49.9 Å². The van der Waals surface area contributed by atoms with Gasteiger partial charge in [-0.05, 0) is 61.1 Å². The quantitative estimate of drug-likeness (QED) is 0.178. The van der Waals surface area contributed by atoms with Gasteiger partial charge in [-0.1, -0.05) is 24.3 Å². The highest BCUT2D eigenvalue weighted by Crippen LogP contribution is 2.22. The number of aromatic nitrogens is 2. The van der Waals surface area contributed by atoms with Crippen LogP contribution in [0.25, 0.3) is 0 Å². The first-order chi connectivity index (χ1) is 24.0. The maximum Gasteiger partial charge on any atom is 0.223 e. The summed E-state index contributed by atoms with van der Waals surface area (Å²) in [6.07, 6.45) is 5.43. The van der Waals surface area contributed by atoms with Crippen molar-refractivity contribution in [2.24, 2.45) is 0 Å². The fraction of sp³-hybridized carbons (Fsp3) is 0.444. The van der Waals surface area contributed by atoms with Gasteiger partial charge in [-0.2, -0.15) is 0 Å². The van der Waals surface area contributed by atoms with Gasteiger partial charge in [-0.25, -0.2) is 18.7 Å². The number of anilines is 2. The standard InChI is InChI=1S/2C18H23FN4OS/c2*1-12-7-14(3-4-17(12)19)8-15-10-23(6-5-20-15)11-16-9-21-18(25-16)22-13(2)24/h2*3-4,7,9,15,20H,5-6,8,10-11H2,1-2H3,(H,21,22,24)/t2*15-/m10/s1. The fourth-order valence-electron chi connectivity index (χ4n) is 6.20. The van der Waals surface area contributed by atoms with Crippen LogP contribution in [0.3, 0.4) is 0 Å². The van der Waals surface area contributed by atoms with E-state index in [-0.39, 0.29) is 23.4 Å². The minimum Gasteiger partial charge on any atom is -0.311 e. The Bertz CT molecular complexity index is 1620. The Labute approximate surface area is 300 Å². The third kappa shape index (κ3) is 11.7. The Morgan fingerprint density at radius 2 is 1.18 bits per heavy atom. The zero-order valence-electron chi connectivity index (χ0n) is 29.0. The summed E-state index contributed by atoms with van der Waals surface area (Å²) in [6.45, 7) is 13.9. The number of benzene rings is 2. The van der Waals surface area contributed by atoms with Crippen molar-refractivity contribution in [2.45, 2.75) is 65.7 Å². The number of carbonyl (C=O) groups excluding carboxylic acids is 2. The molecular weight excluding hydrogens is 679 g/mol. The number of hydrogen-bond acceptors (Lipinski definition) is 10. The predicted octanol–water partition coefficient (Wildman–Crippen LogP) is 5.13. The molecule has 0 saturated carbocycles. The molecule has 2 atom stereocenters. The molecule has 50 heavy (non-hydrogen) atoms. The Kier molecular flexibility index (Phi) is 13.5. The van der Waals surface area contributed by atoms with Crippen LogP contribution in [0, 0.1) is 25.5 Å². The molecule has 0 spiro atoms. The Balaban J connectivity index is 0.000000194. The van der Waals surface area contributed by atoms with E-state index in [2.05, 4.69) is 41.0 Å². The number of nitrogens with zero attached hydrogens (tertiary/aromatic N) is 4. The maximum atomic E-state index is 13.4. The highest BCUT2D eigenvalue weighted by Gasteiger charge is 2.22. The molecule has 2 fully saturated rings. The molecule has 4 heterocycles. The van der Waals surface area contributed by atoms with E-state index in [1.165, 1.54) is 36.5 Å². The van der Waals surface area contributed by atoms with Crippen molar-refractivity contribution >= 4 is 44.8 Å². The van der Waals surface area contributed by atoms with Crippen LogP contribution in [0.2, 0.25) is 0 Å². The number of aryl methyl sites for hydroxylation is 2. The summed E-state index contributed by atoms with van der Waals surface area (Å²) in [7, 11) is 0. The topological polar surface area (TPSA) is 115 Å². The lowest BCUT2D eigenvalue weighted by Crippen LogP contribution is -2.51. The molecule has 2 aliphatic heterocycles. The van der Waals surface area contributed by atoms with Gasteiger partial charge in [0.25, 0.3) is 0 Å². The molecule has 0 aliphatic carbocycles. The lowest BCUT2D eigenvalue weighted by molar-refractivity contribution is -0.115. The van der Waals surface area contributed by atoms with Gasteiger partial charge in [0.05, 0.1) is 0 Å². The van der Waals surface area contributed by atoms with Gasteiger partial charge in [-0.3, -0.25) is 19.4 Å².